The van der Waals surface area contributed by atoms with Gasteiger partial charge in [-0.15, -0.1) is 17.9 Å². The molecule has 1 nitrogen and oxygen atoms in total. The molecular weight excluding hydrogens is 258 g/mol. The highest BCUT2D eigenvalue weighted by Gasteiger charge is 2.10. The molecule has 1 heterocycles. The van der Waals surface area contributed by atoms with Crippen molar-refractivity contribution in [2.45, 2.75) is 25.8 Å². The number of allylic oxidation sites excluding steroid dienone is 1. The Morgan fingerprint density at radius 3 is 2.86 bits per heavy atom. The largest absolute Gasteiger partial charge is 0.312 e. The third kappa shape index (κ3) is 3.56. The first kappa shape index (κ1) is 12.0. The third-order valence-electron chi connectivity index (χ3n) is 2.14. The van der Waals surface area contributed by atoms with Crippen molar-refractivity contribution in [1.29, 1.82) is 0 Å². The van der Waals surface area contributed by atoms with Gasteiger partial charge in [0.1, 0.15) is 0 Å². The van der Waals surface area contributed by atoms with Gasteiger partial charge in [0.25, 0.3) is 0 Å². The minimum atomic E-state index is 0.461. The molecule has 0 saturated carbocycles. The van der Waals surface area contributed by atoms with E-state index in [0.29, 0.717) is 6.04 Å². The number of halogens is 1. The zero-order valence-corrected chi connectivity index (χ0v) is 11.0. The molecule has 0 fully saturated rings. The lowest BCUT2D eigenvalue weighted by atomic mass is 10.1. The highest BCUT2D eigenvalue weighted by atomic mass is 79.9. The second kappa shape index (κ2) is 5.69. The number of rotatable bonds is 5. The molecule has 1 N–H and O–H groups in total. The quantitative estimate of drug-likeness (QED) is 0.796. The Labute approximate surface area is 98.4 Å². The Bertz CT molecular complexity index is 306. The van der Waals surface area contributed by atoms with Crippen LogP contribution in [0, 0.1) is 0 Å². The van der Waals surface area contributed by atoms with Crippen LogP contribution in [0.15, 0.2) is 28.1 Å². The van der Waals surface area contributed by atoms with Crippen molar-refractivity contribution in [1.82, 2.24) is 5.32 Å². The van der Waals surface area contributed by atoms with Gasteiger partial charge in [-0.2, -0.15) is 0 Å². The molecule has 0 saturated heterocycles. The van der Waals surface area contributed by atoms with Gasteiger partial charge in [0, 0.05) is 20.8 Å². The standard InChI is InChI=1S/C11H16BrNS/c1-8(2)4-5-10(13-3)11-6-9(12)7-14-11/h6-7,10,13H,1,4-5H2,2-3H3. The number of thiophene rings is 1. The van der Waals surface area contributed by atoms with Gasteiger partial charge in [-0.1, -0.05) is 5.57 Å². The van der Waals surface area contributed by atoms with Crippen LogP contribution in [0.25, 0.3) is 0 Å². The average Bonchev–Trinajstić information content (AvgIpc) is 2.53. The van der Waals surface area contributed by atoms with Gasteiger partial charge < -0.3 is 5.32 Å². The fraction of sp³-hybridized carbons (Fsp3) is 0.455. The summed E-state index contributed by atoms with van der Waals surface area (Å²) in [7, 11) is 2.01. The lowest BCUT2D eigenvalue weighted by molar-refractivity contribution is 0.557. The van der Waals surface area contributed by atoms with Crippen LogP contribution in [0.4, 0.5) is 0 Å². The fourth-order valence-corrected chi connectivity index (χ4v) is 2.92. The molecule has 0 aliphatic rings. The topological polar surface area (TPSA) is 12.0 Å². The summed E-state index contributed by atoms with van der Waals surface area (Å²) in [6, 6.07) is 2.65. The zero-order valence-electron chi connectivity index (χ0n) is 8.64. The Balaban J connectivity index is 2.58. The zero-order chi connectivity index (χ0) is 10.6. The minimum absolute atomic E-state index is 0.461. The van der Waals surface area contributed by atoms with Crippen LogP contribution in [-0.2, 0) is 0 Å². The molecule has 3 heteroatoms. The molecule has 14 heavy (non-hydrogen) atoms. The first-order chi connectivity index (χ1) is 6.63. The summed E-state index contributed by atoms with van der Waals surface area (Å²) in [5.74, 6) is 0. The van der Waals surface area contributed by atoms with E-state index >= 15 is 0 Å². The van der Waals surface area contributed by atoms with Crippen molar-refractivity contribution in [3.05, 3.63) is 32.9 Å². The van der Waals surface area contributed by atoms with E-state index < -0.39 is 0 Å². The molecule has 1 rings (SSSR count). The predicted octanol–water partition coefficient (Wildman–Crippen LogP) is 4.13. The van der Waals surface area contributed by atoms with E-state index in [2.05, 4.69) is 46.2 Å². The van der Waals surface area contributed by atoms with Gasteiger partial charge in [0.15, 0.2) is 0 Å². The summed E-state index contributed by atoms with van der Waals surface area (Å²) in [5, 5.41) is 5.46. The number of hydrogen-bond acceptors (Lipinski definition) is 2. The number of hydrogen-bond donors (Lipinski definition) is 1. The van der Waals surface area contributed by atoms with Crippen LogP contribution < -0.4 is 5.32 Å². The molecule has 1 atom stereocenters. The van der Waals surface area contributed by atoms with Gasteiger partial charge in [0.2, 0.25) is 0 Å². The molecule has 78 valence electrons. The van der Waals surface area contributed by atoms with Gasteiger partial charge in [0.05, 0.1) is 0 Å². The SMILES string of the molecule is C=C(C)CCC(NC)c1cc(Br)cs1. The Hall–Kier alpha value is -0.120. The van der Waals surface area contributed by atoms with Crippen LogP contribution in [0.5, 0.6) is 0 Å². The normalized spacial score (nSPS) is 12.8. The lowest BCUT2D eigenvalue weighted by Gasteiger charge is -2.13. The maximum Gasteiger partial charge on any atom is 0.0415 e. The van der Waals surface area contributed by atoms with E-state index in [1.165, 1.54) is 14.9 Å². The van der Waals surface area contributed by atoms with Gasteiger partial charge >= 0.3 is 0 Å². The number of nitrogens with one attached hydrogen (secondary N) is 1. The monoisotopic (exact) mass is 273 g/mol. The van der Waals surface area contributed by atoms with Crippen molar-refractivity contribution in [2.75, 3.05) is 7.05 Å². The fourth-order valence-electron chi connectivity index (χ4n) is 1.33. The molecular formula is C11H16BrNS. The second-order valence-corrected chi connectivity index (χ2v) is 5.36. The van der Waals surface area contributed by atoms with E-state index in [1.54, 1.807) is 11.3 Å². The molecule has 1 aromatic rings. The van der Waals surface area contributed by atoms with Crippen molar-refractivity contribution >= 4 is 27.3 Å². The molecule has 0 bridgehead atoms. The summed E-state index contributed by atoms with van der Waals surface area (Å²) in [6.07, 6.45) is 2.21. The smallest absolute Gasteiger partial charge is 0.0415 e. The average molecular weight is 274 g/mol. The Morgan fingerprint density at radius 1 is 1.71 bits per heavy atom. The highest BCUT2D eigenvalue weighted by molar-refractivity contribution is 9.10. The van der Waals surface area contributed by atoms with Crippen molar-refractivity contribution in [2.24, 2.45) is 0 Å². The van der Waals surface area contributed by atoms with E-state index in [0.717, 1.165) is 12.8 Å². The Kier molecular flexibility index (Phi) is 4.85. The second-order valence-electron chi connectivity index (χ2n) is 3.50. The summed E-state index contributed by atoms with van der Waals surface area (Å²) < 4.78 is 1.17. The Morgan fingerprint density at radius 2 is 2.43 bits per heavy atom. The predicted molar refractivity (Wildman–Crippen MR) is 67.9 cm³/mol. The summed E-state index contributed by atoms with van der Waals surface area (Å²) in [6.45, 7) is 6.01. The summed E-state index contributed by atoms with van der Waals surface area (Å²) in [4.78, 5) is 1.39. The van der Waals surface area contributed by atoms with E-state index in [4.69, 9.17) is 0 Å². The molecule has 0 radical (unpaired) electrons. The lowest BCUT2D eigenvalue weighted by Crippen LogP contribution is -2.14. The first-order valence-corrected chi connectivity index (χ1v) is 6.36. The van der Waals surface area contributed by atoms with Crippen LogP contribution in [-0.4, -0.2) is 7.05 Å². The van der Waals surface area contributed by atoms with Crippen molar-refractivity contribution in [3.63, 3.8) is 0 Å². The van der Waals surface area contributed by atoms with E-state index in [1.807, 2.05) is 7.05 Å². The van der Waals surface area contributed by atoms with Gasteiger partial charge in [-0.3, -0.25) is 0 Å². The molecule has 0 aromatic carbocycles. The van der Waals surface area contributed by atoms with Crippen LogP contribution in [0.3, 0.4) is 0 Å². The summed E-state index contributed by atoms with van der Waals surface area (Å²) in [5.41, 5.74) is 1.25. The van der Waals surface area contributed by atoms with Crippen LogP contribution in [0.1, 0.15) is 30.7 Å². The molecule has 0 amide bonds. The van der Waals surface area contributed by atoms with Gasteiger partial charge in [-0.05, 0) is 48.8 Å². The van der Waals surface area contributed by atoms with Crippen LogP contribution in [0.2, 0.25) is 0 Å². The molecule has 0 aliphatic carbocycles. The maximum absolute atomic E-state index is 3.93. The molecule has 1 aromatic heterocycles. The molecule has 0 spiro atoms. The van der Waals surface area contributed by atoms with Gasteiger partial charge in [-0.25, -0.2) is 0 Å². The third-order valence-corrected chi connectivity index (χ3v) is 3.95. The summed E-state index contributed by atoms with van der Waals surface area (Å²) >= 11 is 5.27. The van der Waals surface area contributed by atoms with E-state index in [-0.39, 0.29) is 0 Å². The molecule has 1 unspecified atom stereocenters. The van der Waals surface area contributed by atoms with Crippen LogP contribution >= 0.6 is 27.3 Å². The minimum Gasteiger partial charge on any atom is -0.312 e. The first-order valence-electron chi connectivity index (χ1n) is 4.69. The van der Waals surface area contributed by atoms with Crippen molar-refractivity contribution < 1.29 is 0 Å². The maximum atomic E-state index is 3.93. The highest BCUT2D eigenvalue weighted by Crippen LogP contribution is 2.28. The van der Waals surface area contributed by atoms with E-state index in [9.17, 15) is 0 Å². The molecule has 0 aliphatic heterocycles. The van der Waals surface area contributed by atoms with Crippen molar-refractivity contribution in [3.8, 4) is 0 Å².